The first-order valence-electron chi connectivity index (χ1n) is 12.4. The molecule has 1 N–H and O–H groups in total. The minimum absolute atomic E-state index is 0.153. The van der Waals surface area contributed by atoms with Crippen LogP contribution in [0.15, 0.2) is 84.1 Å². The van der Waals surface area contributed by atoms with Crippen LogP contribution in [0.1, 0.15) is 48.8 Å². The molecule has 3 aromatic rings. The first-order valence-corrected chi connectivity index (χ1v) is 12.7. The summed E-state index contributed by atoms with van der Waals surface area (Å²) in [7, 11) is 0. The molecule has 10 heteroatoms. The number of carbonyl (C=O) groups excluding carboxylic acids is 3. The van der Waals surface area contributed by atoms with Gasteiger partial charge in [-0.15, -0.1) is 0 Å². The van der Waals surface area contributed by atoms with Crippen LogP contribution in [0.4, 0.5) is 17.1 Å². The topological polar surface area (TPSA) is 133 Å². The third-order valence-corrected chi connectivity index (χ3v) is 7.29. The molecule has 2 unspecified atom stereocenters. The number of nitrogens with one attached hydrogen (secondary N) is 1. The molecule has 39 heavy (non-hydrogen) atoms. The van der Waals surface area contributed by atoms with Gasteiger partial charge in [-0.3, -0.25) is 24.6 Å². The van der Waals surface area contributed by atoms with Crippen molar-refractivity contribution >= 4 is 46.3 Å². The number of carboxylic acid groups (broad SMARTS) is 1. The number of aliphatic carboxylic acids is 1. The van der Waals surface area contributed by atoms with E-state index in [0.717, 1.165) is 5.56 Å². The molecule has 9 nitrogen and oxygen atoms in total. The van der Waals surface area contributed by atoms with Crippen LogP contribution in [0.3, 0.4) is 0 Å². The third-order valence-electron chi connectivity index (χ3n) is 7.04. The van der Waals surface area contributed by atoms with E-state index in [4.69, 9.17) is 11.6 Å². The molecule has 2 atom stereocenters. The molecule has 0 bridgehead atoms. The molecular weight excluding hydrogens is 522 g/mol. The third kappa shape index (κ3) is 5.26. The number of hydrogen-bond acceptors (Lipinski definition) is 7. The summed E-state index contributed by atoms with van der Waals surface area (Å²) in [5.41, 5.74) is 3.03. The van der Waals surface area contributed by atoms with Gasteiger partial charge in [-0.1, -0.05) is 48.0 Å². The summed E-state index contributed by atoms with van der Waals surface area (Å²) in [4.78, 5) is 51.2. The lowest BCUT2D eigenvalue weighted by Crippen LogP contribution is -2.39. The molecule has 1 aliphatic carbocycles. The van der Waals surface area contributed by atoms with Gasteiger partial charge in [0.15, 0.2) is 5.78 Å². The number of nitrogens with zero attached hydrogens (tertiary/aromatic N) is 2. The Morgan fingerprint density at radius 1 is 0.974 bits per heavy atom. The first kappa shape index (κ1) is 26.1. The second kappa shape index (κ2) is 10.7. The molecule has 5 rings (SSSR count). The molecule has 3 aromatic carbocycles. The van der Waals surface area contributed by atoms with Crippen LogP contribution in [0.5, 0.6) is 0 Å². The molecule has 1 aliphatic heterocycles. The van der Waals surface area contributed by atoms with Crippen molar-refractivity contribution in [1.82, 2.24) is 0 Å². The predicted octanol–water partition coefficient (Wildman–Crippen LogP) is 4.68. The number of benzene rings is 3. The van der Waals surface area contributed by atoms with Gasteiger partial charge < -0.3 is 15.2 Å². The number of allylic oxidation sites excluding steroid dienone is 1. The smallest absolute Gasteiger partial charge is 0.269 e. The van der Waals surface area contributed by atoms with E-state index in [-0.39, 0.29) is 30.2 Å². The summed E-state index contributed by atoms with van der Waals surface area (Å²) in [5.74, 6) is -2.30. The van der Waals surface area contributed by atoms with E-state index < -0.39 is 29.3 Å². The molecule has 1 heterocycles. The van der Waals surface area contributed by atoms with Crippen molar-refractivity contribution in [1.29, 1.82) is 0 Å². The fourth-order valence-corrected chi connectivity index (χ4v) is 5.42. The fraction of sp³-hybridized carbons (Fsp3) is 0.207. The summed E-state index contributed by atoms with van der Waals surface area (Å²) >= 11 is 6.07. The molecule has 0 saturated carbocycles. The number of nitro benzene ring substituents is 1. The van der Waals surface area contributed by atoms with E-state index in [1.54, 1.807) is 42.5 Å². The number of nitro groups is 1. The number of ketones is 1. The lowest BCUT2D eigenvalue weighted by atomic mass is 9.78. The van der Waals surface area contributed by atoms with Gasteiger partial charge in [0.1, 0.15) is 0 Å². The van der Waals surface area contributed by atoms with Gasteiger partial charge >= 0.3 is 0 Å². The Labute approximate surface area is 228 Å². The number of non-ortho nitro benzene ring substituents is 1. The van der Waals surface area contributed by atoms with Crippen LogP contribution in [-0.4, -0.2) is 22.6 Å². The highest BCUT2D eigenvalue weighted by molar-refractivity contribution is 6.30. The number of rotatable bonds is 6. The fourth-order valence-electron chi connectivity index (χ4n) is 5.29. The van der Waals surface area contributed by atoms with Gasteiger partial charge in [0.2, 0.25) is 5.91 Å². The number of carboxylic acids is 1. The molecule has 0 aromatic heterocycles. The van der Waals surface area contributed by atoms with Crippen molar-refractivity contribution in [3.8, 4) is 0 Å². The maximum atomic E-state index is 13.9. The number of amides is 1. The number of para-hydroxylation sites is 2. The van der Waals surface area contributed by atoms with Crippen LogP contribution in [0.25, 0.3) is 0 Å². The summed E-state index contributed by atoms with van der Waals surface area (Å²) in [5, 5.41) is 26.8. The van der Waals surface area contributed by atoms with Gasteiger partial charge in [-0.25, -0.2) is 0 Å². The molecular formula is C29H23ClN3O6-. The molecule has 1 amide bonds. The van der Waals surface area contributed by atoms with E-state index in [9.17, 15) is 29.6 Å². The number of hydrogen-bond donors (Lipinski definition) is 1. The number of carbonyl (C=O) groups is 3. The maximum absolute atomic E-state index is 13.9. The second-order valence-corrected chi connectivity index (χ2v) is 9.94. The number of halogens is 1. The summed E-state index contributed by atoms with van der Waals surface area (Å²) in [6.07, 6.45) is -0.272. The highest BCUT2D eigenvalue weighted by atomic mass is 35.5. The lowest BCUT2D eigenvalue weighted by Gasteiger charge is -2.35. The van der Waals surface area contributed by atoms with Crippen LogP contribution in [0, 0.1) is 10.1 Å². The molecule has 2 aliphatic rings. The Morgan fingerprint density at radius 2 is 1.72 bits per heavy atom. The van der Waals surface area contributed by atoms with Crippen molar-refractivity contribution in [2.24, 2.45) is 0 Å². The number of fused-ring (bicyclic) bond motifs is 1. The Hall–Kier alpha value is -4.50. The monoisotopic (exact) mass is 544 g/mol. The Kier molecular flexibility index (Phi) is 7.17. The van der Waals surface area contributed by atoms with E-state index in [1.807, 2.05) is 12.1 Å². The van der Waals surface area contributed by atoms with Gasteiger partial charge in [0, 0.05) is 47.2 Å². The quantitative estimate of drug-likeness (QED) is 0.352. The Bertz CT molecular complexity index is 1520. The van der Waals surface area contributed by atoms with E-state index in [0.29, 0.717) is 39.7 Å². The Balaban J connectivity index is 1.70. The van der Waals surface area contributed by atoms with Crippen molar-refractivity contribution in [3.63, 3.8) is 0 Å². The standard InChI is InChI=1S/C29H24ClN3O6/c30-20-10-8-17(9-11-20)19-15-23-28(25(34)16-19)29(18-4-3-5-21(14-18)33(38)39)32(26(35)12-13-27(36)37)24-7-2-1-6-22(24)31-23/h1-11,14,19,29,31H,12-13,15-16H2,(H,36,37)/p-1. The SMILES string of the molecule is O=C([O-])CCC(=O)N1c2ccccc2NC2=C(C(=O)CC(c3ccc(Cl)cc3)C2)C1c1cccc([N+](=O)[O-])c1. The van der Waals surface area contributed by atoms with E-state index >= 15 is 0 Å². The van der Waals surface area contributed by atoms with E-state index in [1.165, 1.54) is 23.1 Å². The van der Waals surface area contributed by atoms with Gasteiger partial charge in [-0.05, 0) is 54.2 Å². The lowest BCUT2D eigenvalue weighted by molar-refractivity contribution is -0.384. The highest BCUT2D eigenvalue weighted by Gasteiger charge is 2.41. The molecule has 0 saturated heterocycles. The summed E-state index contributed by atoms with van der Waals surface area (Å²) < 4.78 is 0. The second-order valence-electron chi connectivity index (χ2n) is 9.50. The minimum atomic E-state index is -1.38. The average molecular weight is 545 g/mol. The minimum Gasteiger partial charge on any atom is -0.550 e. The van der Waals surface area contributed by atoms with Crippen molar-refractivity contribution < 1.29 is 24.4 Å². The predicted molar refractivity (Wildman–Crippen MR) is 143 cm³/mol. The summed E-state index contributed by atoms with van der Waals surface area (Å²) in [6.45, 7) is 0. The molecule has 198 valence electrons. The average Bonchev–Trinajstić information content (AvgIpc) is 3.07. The molecule has 0 fully saturated rings. The van der Waals surface area contributed by atoms with Crippen LogP contribution in [0.2, 0.25) is 5.02 Å². The zero-order valence-corrected chi connectivity index (χ0v) is 21.4. The van der Waals surface area contributed by atoms with E-state index in [2.05, 4.69) is 5.32 Å². The number of Topliss-reactive ketones (excluding diaryl/α,β-unsaturated/α-hetero) is 1. The van der Waals surface area contributed by atoms with Gasteiger partial charge in [0.05, 0.1) is 22.3 Å². The number of anilines is 2. The summed E-state index contributed by atoms with van der Waals surface area (Å²) in [6, 6.07) is 19.1. The highest BCUT2D eigenvalue weighted by Crippen LogP contribution is 2.48. The maximum Gasteiger partial charge on any atom is 0.269 e. The van der Waals surface area contributed by atoms with Crippen molar-refractivity contribution in [3.05, 3.63) is 110 Å². The Morgan fingerprint density at radius 3 is 2.44 bits per heavy atom. The van der Waals surface area contributed by atoms with Crippen molar-refractivity contribution in [2.45, 2.75) is 37.6 Å². The zero-order valence-electron chi connectivity index (χ0n) is 20.6. The zero-order chi connectivity index (χ0) is 27.7. The van der Waals surface area contributed by atoms with Crippen LogP contribution >= 0.6 is 11.6 Å². The van der Waals surface area contributed by atoms with Gasteiger partial charge in [0.25, 0.3) is 5.69 Å². The largest absolute Gasteiger partial charge is 0.550 e. The van der Waals surface area contributed by atoms with Crippen molar-refractivity contribution in [2.75, 3.05) is 10.2 Å². The normalized spacial score (nSPS) is 18.5. The first-order chi connectivity index (χ1) is 18.7. The van der Waals surface area contributed by atoms with Gasteiger partial charge in [-0.2, -0.15) is 0 Å². The van der Waals surface area contributed by atoms with Crippen LogP contribution < -0.4 is 15.3 Å². The molecule has 0 radical (unpaired) electrons. The van der Waals surface area contributed by atoms with Crippen LogP contribution in [-0.2, 0) is 14.4 Å². The molecule has 0 spiro atoms.